The molecule has 0 radical (unpaired) electrons. The number of nitrogens with one attached hydrogen (secondary N) is 3. The standard InChI is InChI=1S/C20H32N4O/c1-20(15-25,12-11-16-5-3-2-4-6-16)24-19(22)23-14-18-9-7-17(13-21)8-10-18/h7-10,15-16H,2-6,11-14,21H2,1H3,(H3,22,23,24)/t20-/m1/s1. The van der Waals surface area contributed by atoms with Crippen molar-refractivity contribution in [2.45, 2.75) is 70.5 Å². The molecule has 25 heavy (non-hydrogen) atoms. The van der Waals surface area contributed by atoms with E-state index in [9.17, 15) is 4.79 Å². The molecular formula is C20H32N4O. The molecule has 5 N–H and O–H groups in total. The second-order valence-corrected chi connectivity index (χ2v) is 7.45. The summed E-state index contributed by atoms with van der Waals surface area (Å²) in [7, 11) is 0. The van der Waals surface area contributed by atoms with E-state index in [1.807, 2.05) is 31.2 Å². The lowest BCUT2D eigenvalue weighted by Crippen LogP contribution is -2.51. The molecule has 1 atom stereocenters. The molecule has 0 heterocycles. The van der Waals surface area contributed by atoms with Crippen LogP contribution in [-0.2, 0) is 17.9 Å². The number of hydrogen-bond donors (Lipinski definition) is 4. The summed E-state index contributed by atoms with van der Waals surface area (Å²) in [5, 5.41) is 14.2. The Kier molecular flexibility index (Phi) is 7.44. The monoisotopic (exact) mass is 344 g/mol. The van der Waals surface area contributed by atoms with Crippen LogP contribution in [0.2, 0.25) is 0 Å². The summed E-state index contributed by atoms with van der Waals surface area (Å²) in [5.41, 5.74) is 7.09. The van der Waals surface area contributed by atoms with Gasteiger partial charge in [-0.15, -0.1) is 0 Å². The van der Waals surface area contributed by atoms with E-state index in [4.69, 9.17) is 11.1 Å². The molecule has 1 aliphatic carbocycles. The van der Waals surface area contributed by atoms with Crippen LogP contribution in [0.4, 0.5) is 0 Å². The SMILES string of the molecule is C[C@](C=O)(CCC1CCCCC1)NC(=N)NCc1ccc(CN)cc1. The number of aldehydes is 1. The van der Waals surface area contributed by atoms with Crippen molar-refractivity contribution in [3.8, 4) is 0 Å². The highest BCUT2D eigenvalue weighted by molar-refractivity contribution is 5.81. The van der Waals surface area contributed by atoms with Crippen molar-refractivity contribution >= 4 is 12.2 Å². The van der Waals surface area contributed by atoms with Crippen LogP contribution < -0.4 is 16.4 Å². The van der Waals surface area contributed by atoms with Crippen molar-refractivity contribution < 1.29 is 4.79 Å². The Labute approximate surface area is 151 Å². The van der Waals surface area contributed by atoms with Gasteiger partial charge in [-0.3, -0.25) is 5.41 Å². The average molecular weight is 345 g/mol. The molecule has 1 fully saturated rings. The van der Waals surface area contributed by atoms with Gasteiger partial charge in [0.05, 0.1) is 5.54 Å². The molecule has 0 saturated heterocycles. The second kappa shape index (κ2) is 9.56. The van der Waals surface area contributed by atoms with Crippen molar-refractivity contribution in [3.63, 3.8) is 0 Å². The van der Waals surface area contributed by atoms with Crippen molar-refractivity contribution in [2.24, 2.45) is 11.7 Å². The van der Waals surface area contributed by atoms with Crippen molar-refractivity contribution in [1.82, 2.24) is 10.6 Å². The predicted octanol–water partition coefficient (Wildman–Crippen LogP) is 3.08. The molecule has 1 saturated carbocycles. The van der Waals surface area contributed by atoms with E-state index in [1.165, 1.54) is 32.1 Å². The number of hydrogen-bond acceptors (Lipinski definition) is 3. The molecule has 0 bridgehead atoms. The molecule has 0 aliphatic heterocycles. The first-order valence-electron chi connectivity index (χ1n) is 9.39. The third-order valence-electron chi connectivity index (χ3n) is 5.20. The first-order chi connectivity index (χ1) is 12.0. The fourth-order valence-electron chi connectivity index (χ4n) is 3.44. The van der Waals surface area contributed by atoms with Gasteiger partial charge in [-0.1, -0.05) is 56.4 Å². The Hall–Kier alpha value is -1.88. The predicted molar refractivity (Wildman–Crippen MR) is 102 cm³/mol. The van der Waals surface area contributed by atoms with Crippen LogP contribution in [0, 0.1) is 11.3 Å². The van der Waals surface area contributed by atoms with Gasteiger partial charge in [-0.25, -0.2) is 0 Å². The Bertz CT molecular complexity index is 551. The van der Waals surface area contributed by atoms with Gasteiger partial charge in [0, 0.05) is 13.1 Å². The highest BCUT2D eigenvalue weighted by Crippen LogP contribution is 2.29. The zero-order valence-electron chi connectivity index (χ0n) is 15.3. The van der Waals surface area contributed by atoms with Crippen molar-refractivity contribution in [3.05, 3.63) is 35.4 Å². The van der Waals surface area contributed by atoms with Crippen LogP contribution in [-0.4, -0.2) is 17.8 Å². The fraction of sp³-hybridized carbons (Fsp3) is 0.600. The molecule has 0 amide bonds. The first kappa shape index (κ1) is 19.4. The lowest BCUT2D eigenvalue weighted by Gasteiger charge is -2.29. The lowest BCUT2D eigenvalue weighted by atomic mass is 9.83. The average Bonchev–Trinajstić information content (AvgIpc) is 2.66. The Morgan fingerprint density at radius 3 is 2.48 bits per heavy atom. The molecule has 2 rings (SSSR count). The summed E-state index contributed by atoms with van der Waals surface area (Å²) in [6.07, 6.45) is 9.31. The number of benzene rings is 1. The minimum atomic E-state index is -0.676. The quantitative estimate of drug-likeness (QED) is 0.331. The smallest absolute Gasteiger partial charge is 0.189 e. The maximum atomic E-state index is 11.6. The van der Waals surface area contributed by atoms with Crippen LogP contribution in [0.3, 0.4) is 0 Å². The molecule has 0 spiro atoms. The molecule has 1 aliphatic rings. The highest BCUT2D eigenvalue weighted by atomic mass is 16.1. The third-order valence-corrected chi connectivity index (χ3v) is 5.20. The number of nitrogens with two attached hydrogens (primary N) is 1. The van der Waals surface area contributed by atoms with Gasteiger partial charge >= 0.3 is 0 Å². The topological polar surface area (TPSA) is 91.0 Å². The van der Waals surface area contributed by atoms with Gasteiger partial charge in [0.1, 0.15) is 6.29 Å². The van der Waals surface area contributed by atoms with E-state index in [2.05, 4.69) is 10.6 Å². The molecule has 5 nitrogen and oxygen atoms in total. The molecule has 0 aromatic heterocycles. The third kappa shape index (κ3) is 6.50. The molecule has 1 aromatic rings. The Morgan fingerprint density at radius 1 is 1.24 bits per heavy atom. The van der Waals surface area contributed by atoms with E-state index in [1.54, 1.807) is 0 Å². The Balaban J connectivity index is 1.77. The first-order valence-corrected chi connectivity index (χ1v) is 9.39. The Morgan fingerprint density at radius 2 is 1.88 bits per heavy atom. The summed E-state index contributed by atoms with van der Waals surface area (Å²) in [6.45, 7) is 2.97. The summed E-state index contributed by atoms with van der Waals surface area (Å²) in [5.74, 6) is 0.930. The van der Waals surface area contributed by atoms with Gasteiger partial charge in [0.15, 0.2) is 5.96 Å². The maximum absolute atomic E-state index is 11.6. The lowest BCUT2D eigenvalue weighted by molar-refractivity contribution is -0.112. The molecular weight excluding hydrogens is 312 g/mol. The van der Waals surface area contributed by atoms with Gasteiger partial charge in [-0.2, -0.15) is 0 Å². The van der Waals surface area contributed by atoms with Crippen molar-refractivity contribution in [1.29, 1.82) is 5.41 Å². The summed E-state index contributed by atoms with van der Waals surface area (Å²) >= 11 is 0. The van der Waals surface area contributed by atoms with Crippen LogP contribution in [0.1, 0.15) is 63.0 Å². The molecule has 0 unspecified atom stereocenters. The summed E-state index contributed by atoms with van der Waals surface area (Å²) in [6, 6.07) is 8.00. The van der Waals surface area contributed by atoms with E-state index >= 15 is 0 Å². The molecule has 138 valence electrons. The highest BCUT2D eigenvalue weighted by Gasteiger charge is 2.26. The van der Waals surface area contributed by atoms with Gasteiger partial charge in [-0.05, 0) is 36.8 Å². The van der Waals surface area contributed by atoms with E-state index in [0.29, 0.717) is 13.1 Å². The van der Waals surface area contributed by atoms with Gasteiger partial charge in [0.25, 0.3) is 0 Å². The zero-order valence-corrected chi connectivity index (χ0v) is 15.3. The normalized spacial score (nSPS) is 17.5. The van der Waals surface area contributed by atoms with Crippen LogP contribution in [0.5, 0.6) is 0 Å². The van der Waals surface area contributed by atoms with Crippen LogP contribution in [0.15, 0.2) is 24.3 Å². The molecule has 1 aromatic carbocycles. The zero-order chi connectivity index (χ0) is 18.1. The number of rotatable bonds is 8. The number of carbonyl (C=O) groups excluding carboxylic acids is 1. The van der Waals surface area contributed by atoms with E-state index in [-0.39, 0.29) is 5.96 Å². The maximum Gasteiger partial charge on any atom is 0.189 e. The minimum absolute atomic E-state index is 0.196. The second-order valence-electron chi connectivity index (χ2n) is 7.45. The van der Waals surface area contributed by atoms with Gasteiger partial charge in [0.2, 0.25) is 0 Å². The van der Waals surface area contributed by atoms with Gasteiger partial charge < -0.3 is 21.2 Å². The van der Waals surface area contributed by atoms with Crippen LogP contribution >= 0.6 is 0 Å². The van der Waals surface area contributed by atoms with E-state index in [0.717, 1.165) is 36.2 Å². The summed E-state index contributed by atoms with van der Waals surface area (Å²) in [4.78, 5) is 11.6. The fourth-order valence-corrected chi connectivity index (χ4v) is 3.44. The minimum Gasteiger partial charge on any atom is -0.352 e. The van der Waals surface area contributed by atoms with Crippen molar-refractivity contribution in [2.75, 3.05) is 0 Å². The number of guanidine groups is 1. The molecule has 5 heteroatoms. The van der Waals surface area contributed by atoms with E-state index < -0.39 is 5.54 Å². The largest absolute Gasteiger partial charge is 0.352 e. The summed E-state index contributed by atoms with van der Waals surface area (Å²) < 4.78 is 0. The van der Waals surface area contributed by atoms with Crippen LogP contribution in [0.25, 0.3) is 0 Å². The number of carbonyl (C=O) groups is 1.